The highest BCUT2D eigenvalue weighted by atomic mass is 35.5. The lowest BCUT2D eigenvalue weighted by atomic mass is 10.2. The first kappa shape index (κ1) is 15.4. The Kier molecular flexibility index (Phi) is 4.40. The molecule has 1 aromatic heterocycles. The first-order valence-corrected chi connectivity index (χ1v) is 7.54. The van der Waals surface area contributed by atoms with Crippen molar-refractivity contribution in [3.05, 3.63) is 29.0 Å². The lowest BCUT2D eigenvalue weighted by Crippen LogP contribution is -2.31. The van der Waals surface area contributed by atoms with Crippen LogP contribution in [0.1, 0.15) is 25.6 Å². The van der Waals surface area contributed by atoms with Crippen LogP contribution in [-0.2, 0) is 4.74 Å². The molecule has 0 bridgehead atoms. The summed E-state index contributed by atoms with van der Waals surface area (Å²) >= 11 is 6.05. The molecule has 1 atom stereocenters. The van der Waals surface area contributed by atoms with Crippen molar-refractivity contribution >= 4 is 28.3 Å². The van der Waals surface area contributed by atoms with Crippen LogP contribution in [0.15, 0.2) is 18.2 Å². The summed E-state index contributed by atoms with van der Waals surface area (Å²) in [5.41, 5.74) is 0.475. The Morgan fingerprint density at radius 1 is 1.36 bits per heavy atom. The predicted octanol–water partition coefficient (Wildman–Crippen LogP) is 3.84. The van der Waals surface area contributed by atoms with Gasteiger partial charge in [0.05, 0.1) is 11.6 Å². The Balaban J connectivity index is 2.14. The molecular weight excluding hydrogens is 312 g/mol. The zero-order valence-corrected chi connectivity index (χ0v) is 12.9. The third kappa shape index (κ3) is 3.13. The molecule has 0 unspecified atom stereocenters. The van der Waals surface area contributed by atoms with E-state index in [0.29, 0.717) is 41.4 Å². The van der Waals surface area contributed by atoms with Gasteiger partial charge in [0, 0.05) is 30.1 Å². The molecule has 1 saturated heterocycles. The van der Waals surface area contributed by atoms with Crippen molar-refractivity contribution in [2.45, 2.75) is 25.9 Å². The van der Waals surface area contributed by atoms with Gasteiger partial charge in [0.25, 0.3) is 6.43 Å². The minimum atomic E-state index is -2.71. The largest absolute Gasteiger partial charge is 0.377 e. The standard InChI is InChI=1S/C15H16ClF2N3O/c1-9-8-21(5-2-6-22-9)15-11-7-10(16)3-4-12(11)19-14(20-15)13(17)18/h3-4,7,9,13H,2,5-6,8H2,1H3/t9-/m1/s1. The van der Waals surface area contributed by atoms with E-state index in [1.807, 2.05) is 11.8 Å². The summed E-state index contributed by atoms with van der Waals surface area (Å²) in [6.45, 7) is 3.92. The molecular formula is C15H16ClF2N3O. The van der Waals surface area contributed by atoms with Crippen LogP contribution in [0, 0.1) is 0 Å². The van der Waals surface area contributed by atoms with Gasteiger partial charge < -0.3 is 9.64 Å². The molecule has 22 heavy (non-hydrogen) atoms. The van der Waals surface area contributed by atoms with Gasteiger partial charge in [-0.1, -0.05) is 11.6 Å². The number of hydrogen-bond acceptors (Lipinski definition) is 4. The van der Waals surface area contributed by atoms with E-state index in [4.69, 9.17) is 16.3 Å². The molecule has 1 aromatic carbocycles. The number of anilines is 1. The Hall–Kier alpha value is -1.53. The zero-order valence-electron chi connectivity index (χ0n) is 12.1. The van der Waals surface area contributed by atoms with Crippen LogP contribution in [0.2, 0.25) is 5.02 Å². The molecule has 0 aliphatic carbocycles. The van der Waals surface area contributed by atoms with Gasteiger partial charge >= 0.3 is 0 Å². The summed E-state index contributed by atoms with van der Waals surface area (Å²) in [6, 6.07) is 5.01. The van der Waals surface area contributed by atoms with E-state index < -0.39 is 12.2 Å². The maximum Gasteiger partial charge on any atom is 0.297 e. The molecule has 0 radical (unpaired) electrons. The van der Waals surface area contributed by atoms with Crippen LogP contribution >= 0.6 is 11.6 Å². The summed E-state index contributed by atoms with van der Waals surface area (Å²) < 4.78 is 31.8. The fourth-order valence-electron chi connectivity index (χ4n) is 2.63. The number of benzene rings is 1. The third-order valence-electron chi connectivity index (χ3n) is 3.60. The average Bonchev–Trinajstić information content (AvgIpc) is 2.70. The van der Waals surface area contributed by atoms with Crippen molar-refractivity contribution < 1.29 is 13.5 Å². The third-order valence-corrected chi connectivity index (χ3v) is 3.84. The smallest absolute Gasteiger partial charge is 0.297 e. The summed E-state index contributed by atoms with van der Waals surface area (Å²) in [5, 5.41) is 1.22. The fraction of sp³-hybridized carbons (Fsp3) is 0.467. The Labute approximate surface area is 132 Å². The molecule has 2 aromatic rings. The summed E-state index contributed by atoms with van der Waals surface area (Å²) in [7, 11) is 0. The Bertz CT molecular complexity index is 683. The van der Waals surface area contributed by atoms with Gasteiger partial charge in [-0.3, -0.25) is 0 Å². The van der Waals surface area contributed by atoms with Crippen LogP contribution in [0.4, 0.5) is 14.6 Å². The Morgan fingerprint density at radius 3 is 2.95 bits per heavy atom. The van der Waals surface area contributed by atoms with Gasteiger partial charge in [0.1, 0.15) is 5.82 Å². The van der Waals surface area contributed by atoms with Crippen LogP contribution < -0.4 is 4.90 Å². The number of halogens is 3. The van der Waals surface area contributed by atoms with Crippen molar-refractivity contribution in [2.24, 2.45) is 0 Å². The zero-order chi connectivity index (χ0) is 15.7. The minimum absolute atomic E-state index is 0.0155. The summed E-state index contributed by atoms with van der Waals surface area (Å²) in [5.74, 6) is 0.0443. The average molecular weight is 328 g/mol. The molecule has 0 saturated carbocycles. The molecule has 7 heteroatoms. The fourth-order valence-corrected chi connectivity index (χ4v) is 2.80. The minimum Gasteiger partial charge on any atom is -0.377 e. The van der Waals surface area contributed by atoms with Crippen LogP contribution in [0.5, 0.6) is 0 Å². The lowest BCUT2D eigenvalue weighted by Gasteiger charge is -2.25. The van der Waals surface area contributed by atoms with E-state index in [-0.39, 0.29) is 6.10 Å². The second kappa shape index (κ2) is 6.30. The SMILES string of the molecule is C[C@@H]1CN(c2nc(C(F)F)nc3ccc(Cl)cc23)CCCO1. The topological polar surface area (TPSA) is 38.2 Å². The Morgan fingerprint density at radius 2 is 2.18 bits per heavy atom. The lowest BCUT2D eigenvalue weighted by molar-refractivity contribution is 0.0820. The van der Waals surface area contributed by atoms with E-state index in [0.717, 1.165) is 6.42 Å². The van der Waals surface area contributed by atoms with Gasteiger partial charge in [0.15, 0.2) is 5.82 Å². The molecule has 0 spiro atoms. The molecule has 0 N–H and O–H groups in total. The van der Waals surface area contributed by atoms with Gasteiger partial charge in [0.2, 0.25) is 0 Å². The van der Waals surface area contributed by atoms with Crippen LogP contribution in [0.25, 0.3) is 10.9 Å². The molecule has 1 fully saturated rings. The van der Waals surface area contributed by atoms with E-state index >= 15 is 0 Å². The molecule has 3 rings (SSSR count). The van der Waals surface area contributed by atoms with Crippen molar-refractivity contribution in [2.75, 3.05) is 24.6 Å². The maximum atomic E-state index is 13.1. The number of fused-ring (bicyclic) bond motifs is 1. The van der Waals surface area contributed by atoms with Crippen molar-refractivity contribution in [3.8, 4) is 0 Å². The molecule has 1 aliphatic rings. The highest BCUT2D eigenvalue weighted by Gasteiger charge is 2.22. The van der Waals surface area contributed by atoms with Gasteiger partial charge in [-0.2, -0.15) is 0 Å². The highest BCUT2D eigenvalue weighted by Crippen LogP contribution is 2.30. The number of ether oxygens (including phenoxy) is 1. The van der Waals surface area contributed by atoms with Gasteiger partial charge in [-0.05, 0) is 31.5 Å². The summed E-state index contributed by atoms with van der Waals surface area (Å²) in [4.78, 5) is 10.0. The predicted molar refractivity (Wildman–Crippen MR) is 81.7 cm³/mol. The van der Waals surface area contributed by atoms with E-state index in [1.165, 1.54) is 0 Å². The van der Waals surface area contributed by atoms with E-state index in [2.05, 4.69) is 9.97 Å². The number of rotatable bonds is 2. The molecule has 1 aliphatic heterocycles. The van der Waals surface area contributed by atoms with E-state index in [1.54, 1.807) is 18.2 Å². The highest BCUT2D eigenvalue weighted by molar-refractivity contribution is 6.31. The molecule has 0 amide bonds. The van der Waals surface area contributed by atoms with Crippen molar-refractivity contribution in [1.29, 1.82) is 0 Å². The second-order valence-corrected chi connectivity index (χ2v) is 5.78. The van der Waals surface area contributed by atoms with Gasteiger partial charge in [-0.15, -0.1) is 0 Å². The molecule has 2 heterocycles. The first-order chi connectivity index (χ1) is 10.5. The quantitative estimate of drug-likeness (QED) is 0.840. The van der Waals surface area contributed by atoms with Crippen LogP contribution in [0.3, 0.4) is 0 Å². The first-order valence-electron chi connectivity index (χ1n) is 7.16. The van der Waals surface area contributed by atoms with Crippen molar-refractivity contribution in [3.63, 3.8) is 0 Å². The number of aromatic nitrogens is 2. The molecule has 4 nitrogen and oxygen atoms in total. The van der Waals surface area contributed by atoms with Gasteiger partial charge in [-0.25, -0.2) is 18.7 Å². The maximum absolute atomic E-state index is 13.1. The molecule has 118 valence electrons. The van der Waals surface area contributed by atoms with Crippen molar-refractivity contribution in [1.82, 2.24) is 9.97 Å². The van der Waals surface area contributed by atoms with Crippen LogP contribution in [-0.4, -0.2) is 35.8 Å². The van der Waals surface area contributed by atoms with E-state index in [9.17, 15) is 8.78 Å². The second-order valence-electron chi connectivity index (χ2n) is 5.35. The number of alkyl halides is 2. The monoisotopic (exact) mass is 327 g/mol. The number of hydrogen-bond donors (Lipinski definition) is 0. The number of nitrogens with zero attached hydrogens (tertiary/aromatic N) is 3. The summed E-state index contributed by atoms with van der Waals surface area (Å²) in [6.07, 6.45) is -1.87. The normalized spacial score (nSPS) is 19.7.